The van der Waals surface area contributed by atoms with Gasteiger partial charge in [0.05, 0.1) is 0 Å². The molecule has 0 amide bonds. The van der Waals surface area contributed by atoms with Crippen LogP contribution in [0.4, 0.5) is 0 Å². The summed E-state index contributed by atoms with van der Waals surface area (Å²) >= 11 is 5.90. The van der Waals surface area contributed by atoms with Gasteiger partial charge in [-0.15, -0.1) is 0 Å². The molecule has 0 aliphatic heterocycles. The van der Waals surface area contributed by atoms with Gasteiger partial charge in [0, 0.05) is 23.1 Å². The molecule has 4 nitrogen and oxygen atoms in total. The summed E-state index contributed by atoms with van der Waals surface area (Å²) in [5, 5.41) is 0.658. The third-order valence-electron chi connectivity index (χ3n) is 4.01. The summed E-state index contributed by atoms with van der Waals surface area (Å²) in [6.07, 6.45) is 0.270. The quantitative estimate of drug-likeness (QED) is 0.689. The van der Waals surface area contributed by atoms with E-state index in [4.69, 9.17) is 11.6 Å². The van der Waals surface area contributed by atoms with E-state index in [1.54, 1.807) is 12.1 Å². The zero-order valence-corrected chi connectivity index (χ0v) is 14.5. The zero-order chi connectivity index (χ0) is 17.8. The Kier molecular flexibility index (Phi) is 5.10. The van der Waals surface area contributed by atoms with Crippen molar-refractivity contribution in [2.24, 2.45) is 0 Å². The molecule has 25 heavy (non-hydrogen) atoms. The van der Waals surface area contributed by atoms with Gasteiger partial charge in [-0.05, 0) is 23.6 Å². The van der Waals surface area contributed by atoms with Gasteiger partial charge in [-0.3, -0.25) is 9.59 Å². The van der Waals surface area contributed by atoms with Gasteiger partial charge in [0.15, 0.2) is 5.78 Å². The number of rotatable bonds is 5. The molecule has 3 rings (SSSR count). The third kappa shape index (κ3) is 4.22. The van der Waals surface area contributed by atoms with Crippen LogP contribution in [-0.2, 0) is 0 Å². The lowest BCUT2D eigenvalue weighted by Gasteiger charge is -2.11. The highest BCUT2D eigenvalue weighted by Crippen LogP contribution is 2.23. The summed E-state index contributed by atoms with van der Waals surface area (Å²) in [6, 6.07) is 17.9. The van der Waals surface area contributed by atoms with Crippen molar-refractivity contribution in [3.05, 3.63) is 87.3 Å². The van der Waals surface area contributed by atoms with Crippen LogP contribution < -0.4 is 5.56 Å². The molecule has 0 radical (unpaired) electrons. The van der Waals surface area contributed by atoms with Gasteiger partial charge < -0.3 is 4.98 Å². The van der Waals surface area contributed by atoms with Crippen LogP contribution in [0.25, 0.3) is 11.4 Å². The standard InChI is InChI=1S/C20H17ClN2O2/c1-13(14-7-9-16(21)10-8-14)11-18(24)17-12-19(25)23-20(22-17)15-5-3-2-4-6-15/h2-10,12-13H,11H2,1H3,(H,22,23,25)/t13-/m0/s1. The van der Waals surface area contributed by atoms with Gasteiger partial charge >= 0.3 is 0 Å². The number of carbonyl (C=O) groups is 1. The Balaban J connectivity index is 1.83. The second-order valence-corrected chi connectivity index (χ2v) is 6.36. The lowest BCUT2D eigenvalue weighted by molar-refractivity contribution is 0.0970. The molecule has 0 saturated heterocycles. The zero-order valence-electron chi connectivity index (χ0n) is 13.7. The van der Waals surface area contributed by atoms with E-state index in [0.717, 1.165) is 11.1 Å². The highest BCUT2D eigenvalue weighted by Gasteiger charge is 2.16. The molecule has 126 valence electrons. The lowest BCUT2D eigenvalue weighted by Crippen LogP contribution is -2.15. The third-order valence-corrected chi connectivity index (χ3v) is 4.26. The number of benzene rings is 2. The SMILES string of the molecule is C[C@@H](CC(=O)c1cc(=O)[nH]c(-c2ccccc2)n1)c1ccc(Cl)cc1. The molecule has 0 bridgehead atoms. The van der Waals surface area contributed by atoms with Gasteiger partial charge in [-0.2, -0.15) is 0 Å². The number of aromatic amines is 1. The molecule has 0 aliphatic rings. The van der Waals surface area contributed by atoms with Crippen LogP contribution in [-0.4, -0.2) is 15.8 Å². The summed E-state index contributed by atoms with van der Waals surface area (Å²) in [5.74, 6) is 0.243. The normalized spacial score (nSPS) is 11.9. The summed E-state index contributed by atoms with van der Waals surface area (Å²) in [7, 11) is 0. The Labute approximate surface area is 150 Å². The van der Waals surface area contributed by atoms with Gasteiger partial charge in [0.25, 0.3) is 5.56 Å². The van der Waals surface area contributed by atoms with E-state index in [1.807, 2.05) is 49.4 Å². The van der Waals surface area contributed by atoms with Crippen molar-refractivity contribution in [3.8, 4) is 11.4 Å². The fourth-order valence-electron chi connectivity index (χ4n) is 2.63. The average molecular weight is 353 g/mol. The summed E-state index contributed by atoms with van der Waals surface area (Å²) in [5.41, 5.74) is 1.63. The van der Waals surface area contributed by atoms with Gasteiger partial charge in [0.2, 0.25) is 0 Å². The van der Waals surface area contributed by atoms with Crippen molar-refractivity contribution < 1.29 is 4.79 Å². The number of hydrogen-bond acceptors (Lipinski definition) is 3. The maximum absolute atomic E-state index is 12.6. The van der Waals surface area contributed by atoms with E-state index in [2.05, 4.69) is 9.97 Å². The molecular weight excluding hydrogens is 336 g/mol. The van der Waals surface area contributed by atoms with Gasteiger partial charge in [-0.1, -0.05) is 61.0 Å². The second kappa shape index (κ2) is 7.45. The van der Waals surface area contributed by atoms with Crippen molar-refractivity contribution in [1.29, 1.82) is 0 Å². The first kappa shape index (κ1) is 17.1. The first-order chi connectivity index (χ1) is 12.0. The number of aromatic nitrogens is 2. The van der Waals surface area contributed by atoms with Crippen LogP contribution in [0.3, 0.4) is 0 Å². The predicted molar refractivity (Wildman–Crippen MR) is 99.1 cm³/mol. The molecule has 3 aromatic rings. The fraction of sp³-hybridized carbons (Fsp3) is 0.150. The van der Waals surface area contributed by atoms with E-state index in [-0.39, 0.29) is 29.4 Å². The minimum atomic E-state index is -0.337. The van der Waals surface area contributed by atoms with Crippen LogP contribution in [0.2, 0.25) is 5.02 Å². The first-order valence-electron chi connectivity index (χ1n) is 7.98. The van der Waals surface area contributed by atoms with E-state index in [9.17, 15) is 9.59 Å². The van der Waals surface area contributed by atoms with Crippen molar-refractivity contribution in [2.75, 3.05) is 0 Å². The van der Waals surface area contributed by atoms with Crippen molar-refractivity contribution in [1.82, 2.24) is 9.97 Å². The van der Waals surface area contributed by atoms with Crippen LogP contribution >= 0.6 is 11.6 Å². The summed E-state index contributed by atoms with van der Waals surface area (Å²) in [4.78, 5) is 31.5. The number of ketones is 1. The molecule has 1 heterocycles. The van der Waals surface area contributed by atoms with Crippen LogP contribution in [0.15, 0.2) is 65.5 Å². The van der Waals surface area contributed by atoms with Gasteiger partial charge in [0.1, 0.15) is 11.5 Å². The van der Waals surface area contributed by atoms with E-state index >= 15 is 0 Å². The molecule has 1 atom stereocenters. The number of H-pyrrole nitrogens is 1. The highest BCUT2D eigenvalue weighted by atomic mass is 35.5. The molecule has 0 saturated carbocycles. The van der Waals surface area contributed by atoms with E-state index < -0.39 is 0 Å². The van der Waals surface area contributed by atoms with Crippen molar-refractivity contribution in [2.45, 2.75) is 19.3 Å². The Hall–Kier alpha value is -2.72. The Morgan fingerprint density at radius 3 is 2.48 bits per heavy atom. The van der Waals surface area contributed by atoms with E-state index in [1.165, 1.54) is 6.07 Å². The van der Waals surface area contributed by atoms with Gasteiger partial charge in [-0.25, -0.2) is 4.98 Å². The lowest BCUT2D eigenvalue weighted by atomic mass is 9.95. The van der Waals surface area contributed by atoms with E-state index in [0.29, 0.717) is 10.8 Å². The topological polar surface area (TPSA) is 62.8 Å². The Bertz CT molecular complexity index is 934. The van der Waals surface area contributed by atoms with Crippen LogP contribution in [0.1, 0.15) is 35.3 Å². The number of hydrogen-bond donors (Lipinski definition) is 1. The Morgan fingerprint density at radius 2 is 1.80 bits per heavy atom. The van der Waals surface area contributed by atoms with Crippen LogP contribution in [0, 0.1) is 0 Å². The molecule has 2 aromatic carbocycles. The maximum atomic E-state index is 12.6. The molecular formula is C20H17ClN2O2. The average Bonchev–Trinajstić information content (AvgIpc) is 2.62. The second-order valence-electron chi connectivity index (χ2n) is 5.93. The largest absolute Gasteiger partial charge is 0.306 e. The van der Waals surface area contributed by atoms with Crippen LogP contribution in [0.5, 0.6) is 0 Å². The summed E-state index contributed by atoms with van der Waals surface area (Å²) in [6.45, 7) is 1.96. The molecule has 0 spiro atoms. The minimum absolute atomic E-state index is 0.00558. The minimum Gasteiger partial charge on any atom is -0.306 e. The summed E-state index contributed by atoms with van der Waals surface area (Å²) < 4.78 is 0. The molecule has 5 heteroatoms. The molecule has 1 N–H and O–H groups in total. The molecule has 0 aliphatic carbocycles. The molecule has 0 unspecified atom stereocenters. The Morgan fingerprint density at radius 1 is 1.12 bits per heavy atom. The smallest absolute Gasteiger partial charge is 0.251 e. The molecule has 0 fully saturated rings. The maximum Gasteiger partial charge on any atom is 0.251 e. The number of nitrogens with one attached hydrogen (secondary N) is 1. The number of Topliss-reactive ketones (excluding diaryl/α,β-unsaturated/α-hetero) is 1. The monoisotopic (exact) mass is 352 g/mol. The molecule has 1 aromatic heterocycles. The number of nitrogens with zero attached hydrogens (tertiary/aromatic N) is 1. The van der Waals surface area contributed by atoms with Crippen molar-refractivity contribution in [3.63, 3.8) is 0 Å². The highest BCUT2D eigenvalue weighted by molar-refractivity contribution is 6.30. The predicted octanol–water partition coefficient (Wildman–Crippen LogP) is 4.47. The fourth-order valence-corrected chi connectivity index (χ4v) is 2.75. The number of halogens is 1. The number of carbonyl (C=O) groups excluding carboxylic acids is 1. The van der Waals surface area contributed by atoms with Crippen molar-refractivity contribution >= 4 is 17.4 Å². The first-order valence-corrected chi connectivity index (χ1v) is 8.36.